The summed E-state index contributed by atoms with van der Waals surface area (Å²) in [6.07, 6.45) is 3.12. The Hall–Kier alpha value is -2.29. The van der Waals surface area contributed by atoms with Gasteiger partial charge in [-0.2, -0.15) is 0 Å². The Bertz CT molecular complexity index is 696. The molecule has 1 aromatic rings. The Morgan fingerprint density at radius 1 is 1.25 bits per heavy atom. The Morgan fingerprint density at radius 3 is 2.68 bits per heavy atom. The second-order valence-corrected chi connectivity index (χ2v) is 6.97. The van der Waals surface area contributed by atoms with Crippen LogP contribution in [0.1, 0.15) is 23.2 Å². The highest BCUT2D eigenvalue weighted by Gasteiger charge is 2.29. The van der Waals surface area contributed by atoms with Gasteiger partial charge >= 0.3 is 0 Å². The van der Waals surface area contributed by atoms with Gasteiger partial charge in [0.15, 0.2) is 0 Å². The fourth-order valence-electron chi connectivity index (χ4n) is 2.89. The van der Waals surface area contributed by atoms with Gasteiger partial charge in [-0.1, -0.05) is 24.3 Å². The maximum Gasteiger partial charge on any atom is 0.254 e. The highest BCUT2D eigenvalue weighted by atomic mass is 19.1. The normalized spacial score (nSPS) is 21.5. The summed E-state index contributed by atoms with van der Waals surface area (Å²) >= 11 is 0. The van der Waals surface area contributed by atoms with Gasteiger partial charge in [0.2, 0.25) is 5.91 Å². The third-order valence-corrected chi connectivity index (χ3v) is 4.37. The van der Waals surface area contributed by atoms with E-state index < -0.39 is 30.0 Å². The van der Waals surface area contributed by atoms with Gasteiger partial charge in [-0.25, -0.2) is 4.39 Å². The van der Waals surface area contributed by atoms with Crippen LogP contribution >= 0.6 is 0 Å². The molecule has 0 aromatic heterocycles. The molecule has 1 aliphatic heterocycles. The number of aliphatic hydroxyl groups excluding tert-OH is 1. The zero-order valence-electron chi connectivity index (χ0n) is 16.2. The molecule has 2 rings (SSSR count). The van der Waals surface area contributed by atoms with E-state index in [9.17, 15) is 19.1 Å². The molecule has 0 fully saturated rings. The van der Waals surface area contributed by atoms with Crippen LogP contribution in [0.4, 0.5) is 4.39 Å². The minimum atomic E-state index is -0.715. The first-order valence-electron chi connectivity index (χ1n) is 9.32. The highest BCUT2D eigenvalue weighted by molar-refractivity contribution is 5.94. The van der Waals surface area contributed by atoms with Crippen LogP contribution in [-0.4, -0.2) is 73.9 Å². The van der Waals surface area contributed by atoms with Gasteiger partial charge < -0.3 is 25.4 Å². The van der Waals surface area contributed by atoms with E-state index in [4.69, 9.17) is 4.74 Å². The molecule has 28 heavy (non-hydrogen) atoms. The number of hydrogen-bond acceptors (Lipinski definition) is 5. The summed E-state index contributed by atoms with van der Waals surface area (Å²) in [6.45, 7) is 1.13. The first-order valence-corrected chi connectivity index (χ1v) is 9.32. The van der Waals surface area contributed by atoms with Gasteiger partial charge in [-0.05, 0) is 39.2 Å². The van der Waals surface area contributed by atoms with Crippen LogP contribution in [0.2, 0.25) is 0 Å². The Labute approximate surface area is 164 Å². The molecule has 1 aliphatic rings. The fourth-order valence-corrected chi connectivity index (χ4v) is 2.89. The number of rotatable bonds is 9. The molecule has 0 spiro atoms. The quantitative estimate of drug-likeness (QED) is 0.424. The molecule has 0 bridgehead atoms. The molecule has 1 heterocycles. The molecule has 0 saturated heterocycles. The maximum absolute atomic E-state index is 13.7. The van der Waals surface area contributed by atoms with Crippen molar-refractivity contribution < 1.29 is 23.8 Å². The van der Waals surface area contributed by atoms with Gasteiger partial charge in [0, 0.05) is 6.54 Å². The first-order chi connectivity index (χ1) is 13.4. The smallest absolute Gasteiger partial charge is 0.254 e. The van der Waals surface area contributed by atoms with E-state index in [1.807, 2.05) is 19.0 Å². The molecule has 8 heteroatoms. The van der Waals surface area contributed by atoms with Crippen molar-refractivity contribution in [1.29, 1.82) is 0 Å². The molecular formula is C20H28FN3O4. The van der Waals surface area contributed by atoms with Gasteiger partial charge in [0.25, 0.3) is 5.91 Å². The summed E-state index contributed by atoms with van der Waals surface area (Å²) in [5, 5.41) is 15.1. The van der Waals surface area contributed by atoms with E-state index in [-0.39, 0.29) is 24.5 Å². The number of amides is 2. The average Bonchev–Trinajstić information content (AvgIpc) is 2.66. The minimum Gasteiger partial charge on any atom is -0.394 e. The van der Waals surface area contributed by atoms with Crippen molar-refractivity contribution in [3.05, 3.63) is 47.8 Å². The lowest BCUT2D eigenvalue weighted by Gasteiger charge is -2.31. The summed E-state index contributed by atoms with van der Waals surface area (Å²) in [4.78, 5) is 26.3. The molecule has 1 aromatic carbocycles. The van der Waals surface area contributed by atoms with E-state index in [2.05, 4.69) is 10.6 Å². The molecule has 154 valence electrons. The van der Waals surface area contributed by atoms with Crippen LogP contribution in [0.15, 0.2) is 36.4 Å². The van der Waals surface area contributed by atoms with Gasteiger partial charge in [0.1, 0.15) is 11.9 Å². The second kappa shape index (κ2) is 10.9. The summed E-state index contributed by atoms with van der Waals surface area (Å²) in [7, 11) is 3.94. The summed E-state index contributed by atoms with van der Waals surface area (Å²) in [6, 6.07) is 5.05. The number of ether oxygens (including phenoxy) is 1. The maximum atomic E-state index is 13.7. The van der Waals surface area contributed by atoms with Crippen LogP contribution in [-0.2, 0) is 9.53 Å². The molecular weight excluding hydrogens is 365 g/mol. The Kier molecular flexibility index (Phi) is 8.56. The molecule has 7 nitrogen and oxygen atoms in total. The number of benzene rings is 1. The summed E-state index contributed by atoms with van der Waals surface area (Å²) < 4.78 is 19.5. The predicted octanol–water partition coefficient (Wildman–Crippen LogP) is 0.698. The lowest BCUT2D eigenvalue weighted by atomic mass is 10.0. The lowest BCUT2D eigenvalue weighted by Crippen LogP contribution is -2.49. The summed E-state index contributed by atoms with van der Waals surface area (Å²) in [5.74, 6) is -1.35. The number of hydrogen-bond donors (Lipinski definition) is 3. The lowest BCUT2D eigenvalue weighted by molar-refractivity contribution is -0.125. The van der Waals surface area contributed by atoms with E-state index in [0.29, 0.717) is 6.54 Å². The number of nitrogens with zero attached hydrogens (tertiary/aromatic N) is 1. The van der Waals surface area contributed by atoms with Crippen LogP contribution in [0.25, 0.3) is 0 Å². The molecule has 0 aliphatic carbocycles. The van der Waals surface area contributed by atoms with Crippen molar-refractivity contribution in [2.24, 2.45) is 0 Å². The molecule has 3 atom stereocenters. The van der Waals surface area contributed by atoms with Gasteiger partial charge in [-0.15, -0.1) is 0 Å². The topological polar surface area (TPSA) is 90.9 Å². The number of aliphatic hydroxyl groups is 1. The Morgan fingerprint density at radius 2 is 2.00 bits per heavy atom. The predicted molar refractivity (Wildman–Crippen MR) is 103 cm³/mol. The van der Waals surface area contributed by atoms with E-state index in [1.165, 1.54) is 18.2 Å². The van der Waals surface area contributed by atoms with Crippen molar-refractivity contribution in [2.75, 3.05) is 33.8 Å². The SMILES string of the molecule is CN(C)CCCNC(=O)C[C@H]1C=C[C@@H](NC(=O)c2ccccc2F)[C@H](CO)O1. The van der Waals surface area contributed by atoms with Crippen molar-refractivity contribution >= 4 is 11.8 Å². The van der Waals surface area contributed by atoms with E-state index in [0.717, 1.165) is 13.0 Å². The molecule has 0 radical (unpaired) electrons. The number of halogens is 1. The van der Waals surface area contributed by atoms with Crippen LogP contribution in [0.5, 0.6) is 0 Å². The minimum absolute atomic E-state index is 0.0770. The summed E-state index contributed by atoms with van der Waals surface area (Å²) in [5.41, 5.74) is -0.0770. The Balaban J connectivity index is 1.86. The van der Waals surface area contributed by atoms with Gasteiger partial charge in [-0.3, -0.25) is 9.59 Å². The molecule has 2 amide bonds. The molecule has 0 unspecified atom stereocenters. The zero-order valence-corrected chi connectivity index (χ0v) is 16.2. The highest BCUT2D eigenvalue weighted by Crippen LogP contribution is 2.17. The first kappa shape index (κ1) is 22.0. The van der Waals surface area contributed by atoms with E-state index in [1.54, 1.807) is 18.2 Å². The van der Waals surface area contributed by atoms with Crippen molar-refractivity contribution in [2.45, 2.75) is 31.1 Å². The third-order valence-electron chi connectivity index (χ3n) is 4.37. The second-order valence-electron chi connectivity index (χ2n) is 6.97. The van der Waals surface area contributed by atoms with Crippen molar-refractivity contribution in [3.8, 4) is 0 Å². The monoisotopic (exact) mass is 393 g/mol. The molecule has 3 N–H and O–H groups in total. The largest absolute Gasteiger partial charge is 0.394 e. The zero-order chi connectivity index (χ0) is 20.5. The average molecular weight is 393 g/mol. The van der Waals surface area contributed by atoms with E-state index >= 15 is 0 Å². The van der Waals surface area contributed by atoms with Crippen molar-refractivity contribution in [3.63, 3.8) is 0 Å². The fraction of sp³-hybridized carbons (Fsp3) is 0.500. The number of carbonyl (C=O) groups excluding carboxylic acids is 2. The van der Waals surface area contributed by atoms with Gasteiger partial charge in [0.05, 0.1) is 30.7 Å². The van der Waals surface area contributed by atoms with Crippen LogP contribution in [0, 0.1) is 5.82 Å². The van der Waals surface area contributed by atoms with Crippen molar-refractivity contribution in [1.82, 2.24) is 15.5 Å². The standard InChI is InChI=1S/C20H28FN3O4/c1-24(2)11-5-10-22-19(26)12-14-8-9-17(18(13-25)28-14)23-20(27)15-6-3-4-7-16(15)21/h3-4,6-9,14,17-18,25H,5,10-13H2,1-2H3,(H,22,26)(H,23,27)/t14-,17-,18+/m1/s1. The number of nitrogens with one attached hydrogen (secondary N) is 2. The van der Waals surface area contributed by atoms with Crippen LogP contribution in [0.3, 0.4) is 0 Å². The third kappa shape index (κ3) is 6.70. The number of carbonyl (C=O) groups is 2. The molecule has 0 saturated carbocycles. The van der Waals surface area contributed by atoms with Crippen LogP contribution < -0.4 is 10.6 Å².